The maximum absolute atomic E-state index is 11.3. The molecule has 0 saturated carbocycles. The van der Waals surface area contributed by atoms with E-state index < -0.39 is 4.92 Å². The quantitative estimate of drug-likeness (QED) is 0.477. The highest BCUT2D eigenvalue weighted by Gasteiger charge is 2.33. The van der Waals surface area contributed by atoms with Crippen molar-refractivity contribution in [2.45, 2.75) is 26.9 Å². The molecule has 0 saturated heterocycles. The average Bonchev–Trinajstić information content (AvgIpc) is 2.32. The number of nitrogens with two attached hydrogens (primary N) is 1. The van der Waals surface area contributed by atoms with Crippen molar-refractivity contribution in [3.63, 3.8) is 0 Å². The second-order valence-corrected chi connectivity index (χ2v) is 6.44. The number of quaternary nitrogens is 1. The monoisotopic (exact) mass is 361 g/mol. The molecule has 0 amide bonds. The number of hydrogen-bond acceptors (Lipinski definition) is 5. The first kappa shape index (κ1) is 17.8. The smallest absolute Gasteiger partial charge is 0.335 e. The zero-order chi connectivity index (χ0) is 16.4. The molecule has 1 rings (SSSR count). The first-order valence-electron chi connectivity index (χ1n) is 6.66. The summed E-state index contributed by atoms with van der Waals surface area (Å²) in [6.07, 6.45) is -0.199. The maximum Gasteiger partial charge on any atom is 0.335 e. The molecule has 0 atom stereocenters. The van der Waals surface area contributed by atoms with Gasteiger partial charge in [0, 0.05) is 6.54 Å². The van der Waals surface area contributed by atoms with Gasteiger partial charge in [-0.05, 0) is 36.7 Å². The summed E-state index contributed by atoms with van der Waals surface area (Å²) >= 11 is 3.43. The number of halogens is 1. The third-order valence-electron chi connectivity index (χ3n) is 3.08. The number of nitro groups is 1. The van der Waals surface area contributed by atoms with Crippen LogP contribution in [-0.2, 0) is 0 Å². The van der Waals surface area contributed by atoms with Crippen LogP contribution in [0.15, 0.2) is 4.47 Å². The van der Waals surface area contributed by atoms with E-state index in [1.807, 2.05) is 27.9 Å². The highest BCUT2D eigenvalue weighted by atomic mass is 79.9. The van der Waals surface area contributed by atoms with Crippen molar-refractivity contribution >= 4 is 27.4 Å². The molecule has 0 aliphatic carbocycles. The molecule has 0 radical (unpaired) electrons. The van der Waals surface area contributed by atoms with Gasteiger partial charge in [-0.25, -0.2) is 0 Å². The molecule has 118 valence electrons. The minimum Gasteiger partial charge on any atom is -0.470 e. The Hall–Kier alpha value is -1.25. The van der Waals surface area contributed by atoms with E-state index in [0.717, 1.165) is 0 Å². The van der Waals surface area contributed by atoms with E-state index in [1.165, 1.54) is 0 Å². The summed E-state index contributed by atoms with van der Waals surface area (Å²) in [5, 5.41) is 11.3. The van der Waals surface area contributed by atoms with Crippen LogP contribution in [0.4, 0.5) is 11.5 Å². The lowest BCUT2D eigenvalue weighted by atomic mass is 10.2. The lowest BCUT2D eigenvalue weighted by Gasteiger charge is -2.29. The molecule has 0 unspecified atom stereocenters. The number of pyridine rings is 1. The van der Waals surface area contributed by atoms with Crippen LogP contribution in [0.3, 0.4) is 0 Å². The highest BCUT2D eigenvalue weighted by molar-refractivity contribution is 9.10. The molecule has 8 heteroatoms. The number of rotatable bonds is 6. The summed E-state index contributed by atoms with van der Waals surface area (Å²) in [7, 11) is 3.90. The summed E-state index contributed by atoms with van der Waals surface area (Å²) in [4.78, 5) is 15.2. The van der Waals surface area contributed by atoms with Gasteiger partial charge in [-0.15, -0.1) is 0 Å². The Morgan fingerprint density at radius 2 is 2.05 bits per heavy atom. The van der Waals surface area contributed by atoms with Crippen molar-refractivity contribution < 1.29 is 9.66 Å². The molecule has 0 fully saturated rings. The summed E-state index contributed by atoms with van der Waals surface area (Å²) in [5.41, 5.74) is 6.04. The van der Waals surface area contributed by atoms with Crippen molar-refractivity contribution in [1.82, 2.24) is 9.47 Å². The molecule has 1 aromatic heterocycles. The van der Waals surface area contributed by atoms with Crippen LogP contribution in [0.25, 0.3) is 0 Å². The van der Waals surface area contributed by atoms with Crippen LogP contribution in [-0.4, -0.2) is 43.2 Å². The van der Waals surface area contributed by atoms with Gasteiger partial charge in [-0.3, -0.25) is 14.6 Å². The van der Waals surface area contributed by atoms with Crippen molar-refractivity contribution in [3.05, 3.63) is 20.2 Å². The molecule has 21 heavy (non-hydrogen) atoms. The van der Waals surface area contributed by atoms with Crippen molar-refractivity contribution in [1.29, 1.82) is 0 Å². The van der Waals surface area contributed by atoms with E-state index in [4.69, 9.17) is 10.5 Å². The van der Waals surface area contributed by atoms with E-state index in [9.17, 15) is 10.1 Å². The van der Waals surface area contributed by atoms with Crippen molar-refractivity contribution in [2.24, 2.45) is 5.73 Å². The van der Waals surface area contributed by atoms with Gasteiger partial charge in [-0.2, -0.15) is 4.98 Å². The predicted octanol–water partition coefficient (Wildman–Crippen LogP) is 2.37. The van der Waals surface area contributed by atoms with Crippen molar-refractivity contribution in [3.8, 4) is 5.88 Å². The molecular formula is C13H22BrN4O3+. The van der Waals surface area contributed by atoms with Gasteiger partial charge < -0.3 is 10.5 Å². The Bertz CT molecular complexity index is 547. The van der Waals surface area contributed by atoms with Gasteiger partial charge in [0.25, 0.3) is 5.88 Å². The normalized spacial score (nSPS) is 11.8. The number of likely N-dealkylation sites (N-methyl/N-ethyl adjacent to an activating group) is 1. The zero-order valence-electron chi connectivity index (χ0n) is 13.0. The first-order valence-corrected chi connectivity index (χ1v) is 7.45. The Kier molecular flexibility index (Phi) is 5.66. The fraction of sp³-hybridized carbons (Fsp3) is 0.615. The van der Waals surface area contributed by atoms with E-state index in [0.29, 0.717) is 33.4 Å². The Morgan fingerprint density at radius 1 is 1.48 bits per heavy atom. The molecule has 0 spiro atoms. The van der Waals surface area contributed by atoms with E-state index in [1.54, 1.807) is 6.92 Å². The van der Waals surface area contributed by atoms with Crippen LogP contribution in [0, 0.1) is 17.0 Å². The second kappa shape index (κ2) is 6.67. The van der Waals surface area contributed by atoms with Crippen LogP contribution in [0.1, 0.15) is 19.4 Å². The lowest BCUT2D eigenvalue weighted by Crippen LogP contribution is -2.45. The van der Waals surface area contributed by atoms with E-state index in [2.05, 4.69) is 20.9 Å². The van der Waals surface area contributed by atoms with Crippen molar-refractivity contribution in [2.75, 3.05) is 27.2 Å². The zero-order valence-corrected chi connectivity index (χ0v) is 14.6. The number of hydrogen-bond donors (Lipinski definition) is 1. The average molecular weight is 362 g/mol. The molecule has 0 aromatic carbocycles. The summed E-state index contributed by atoms with van der Waals surface area (Å²) in [6, 6.07) is 0. The highest BCUT2D eigenvalue weighted by Crippen LogP contribution is 2.40. The summed E-state index contributed by atoms with van der Waals surface area (Å²) in [5.74, 6) is 0.716. The summed E-state index contributed by atoms with van der Waals surface area (Å²) < 4.78 is 6.56. The van der Waals surface area contributed by atoms with Gasteiger partial charge in [0.1, 0.15) is 4.47 Å². The third-order valence-corrected chi connectivity index (χ3v) is 4.03. The number of ether oxygens (including phenoxy) is 1. The van der Waals surface area contributed by atoms with E-state index >= 15 is 0 Å². The molecule has 2 N–H and O–H groups in total. The number of nitrogens with zero attached hydrogens (tertiary/aromatic N) is 3. The van der Waals surface area contributed by atoms with Gasteiger partial charge in [0.15, 0.2) is 0 Å². The fourth-order valence-corrected chi connectivity index (χ4v) is 2.74. The van der Waals surface area contributed by atoms with Gasteiger partial charge >= 0.3 is 5.69 Å². The van der Waals surface area contributed by atoms with E-state index in [-0.39, 0.29) is 17.7 Å². The molecule has 7 nitrogen and oxygen atoms in total. The Balaban J connectivity index is 3.56. The van der Waals surface area contributed by atoms with Gasteiger partial charge in [0.2, 0.25) is 5.82 Å². The van der Waals surface area contributed by atoms with Crippen LogP contribution >= 0.6 is 15.9 Å². The largest absolute Gasteiger partial charge is 0.470 e. The lowest BCUT2D eigenvalue weighted by molar-refractivity contribution is -0.387. The standard InChI is InChI=1S/C13H22BrN4O3/c1-8(2)21-13-11(17(19)20)9(3)10(14)12(16-13)18(4,5)7-6-15/h8H,6-7,15H2,1-5H3/q+1. The Morgan fingerprint density at radius 3 is 2.48 bits per heavy atom. The molecule has 0 aliphatic heterocycles. The topological polar surface area (TPSA) is 91.3 Å². The molecule has 0 aliphatic rings. The summed E-state index contributed by atoms with van der Waals surface area (Å²) in [6.45, 7) is 6.44. The minimum absolute atomic E-state index is 0.0499. The second-order valence-electron chi connectivity index (χ2n) is 5.65. The third kappa shape index (κ3) is 3.90. The predicted molar refractivity (Wildman–Crippen MR) is 86.7 cm³/mol. The molecule has 0 bridgehead atoms. The molecule has 1 aromatic rings. The fourth-order valence-electron chi connectivity index (χ4n) is 1.98. The first-order chi connectivity index (χ1) is 9.61. The van der Waals surface area contributed by atoms with Gasteiger partial charge in [-0.1, -0.05) is 0 Å². The van der Waals surface area contributed by atoms with Crippen LogP contribution in [0.5, 0.6) is 5.88 Å². The minimum atomic E-state index is -0.461. The van der Waals surface area contributed by atoms with Gasteiger partial charge in [0.05, 0.1) is 37.2 Å². The van der Waals surface area contributed by atoms with Crippen LogP contribution in [0.2, 0.25) is 0 Å². The number of aromatic nitrogens is 1. The molecule has 1 heterocycles. The van der Waals surface area contributed by atoms with Crippen LogP contribution < -0.4 is 15.0 Å². The Labute approximate surface area is 133 Å². The molecular weight excluding hydrogens is 340 g/mol. The SMILES string of the molecule is Cc1c(Br)c([N+](C)(C)CCN)nc(OC(C)C)c1[N+](=O)[O-]. The maximum atomic E-state index is 11.3.